The molecule has 1 aromatic heterocycles. The van der Waals surface area contributed by atoms with Crippen molar-refractivity contribution in [2.75, 3.05) is 13.1 Å². The van der Waals surface area contributed by atoms with Gasteiger partial charge in [-0.1, -0.05) is 19.1 Å². The molecule has 6 heteroatoms. The van der Waals surface area contributed by atoms with Crippen molar-refractivity contribution in [2.24, 2.45) is 5.92 Å². The van der Waals surface area contributed by atoms with Crippen LogP contribution in [0.15, 0.2) is 30.6 Å². The predicted octanol–water partition coefficient (Wildman–Crippen LogP) is 2.92. The number of rotatable bonds is 5. The van der Waals surface area contributed by atoms with Gasteiger partial charge in [0.2, 0.25) is 5.91 Å². The fourth-order valence-electron chi connectivity index (χ4n) is 3.38. The van der Waals surface area contributed by atoms with E-state index in [1.54, 1.807) is 12.1 Å². The van der Waals surface area contributed by atoms with Crippen LogP contribution in [0.2, 0.25) is 0 Å². The van der Waals surface area contributed by atoms with Crippen molar-refractivity contribution in [1.29, 1.82) is 0 Å². The molecule has 1 unspecified atom stereocenters. The van der Waals surface area contributed by atoms with E-state index in [0.717, 1.165) is 43.7 Å². The molecule has 1 amide bonds. The molecule has 24 heavy (non-hydrogen) atoms. The highest BCUT2D eigenvalue weighted by Gasteiger charge is 2.26. The zero-order valence-electron chi connectivity index (χ0n) is 13.9. The largest absolute Gasteiger partial charge is 0.343 e. The van der Waals surface area contributed by atoms with Crippen molar-refractivity contribution < 1.29 is 9.18 Å². The zero-order valence-corrected chi connectivity index (χ0v) is 13.9. The minimum atomic E-state index is -0.222. The molecule has 1 aliphatic heterocycles. The molecule has 1 fully saturated rings. The van der Waals surface area contributed by atoms with E-state index in [4.69, 9.17) is 0 Å². The minimum Gasteiger partial charge on any atom is -0.343 e. The summed E-state index contributed by atoms with van der Waals surface area (Å²) in [5.74, 6) is 1.45. The number of carbonyl (C=O) groups excluding carboxylic acids is 1. The van der Waals surface area contributed by atoms with Gasteiger partial charge < -0.3 is 4.90 Å². The van der Waals surface area contributed by atoms with Crippen molar-refractivity contribution in [3.8, 4) is 0 Å². The average Bonchev–Trinajstić information content (AvgIpc) is 3.09. The molecule has 1 aromatic carbocycles. The summed E-state index contributed by atoms with van der Waals surface area (Å²) in [7, 11) is 0. The smallest absolute Gasteiger partial charge is 0.222 e. The summed E-state index contributed by atoms with van der Waals surface area (Å²) >= 11 is 0. The number of benzene rings is 1. The van der Waals surface area contributed by atoms with Gasteiger partial charge in [-0.3, -0.25) is 9.89 Å². The fourth-order valence-corrected chi connectivity index (χ4v) is 3.38. The van der Waals surface area contributed by atoms with Gasteiger partial charge in [0.05, 0.1) is 0 Å². The van der Waals surface area contributed by atoms with Crippen LogP contribution in [0, 0.1) is 11.7 Å². The maximum atomic E-state index is 13.2. The Balaban J connectivity index is 1.47. The summed E-state index contributed by atoms with van der Waals surface area (Å²) in [6, 6.07) is 6.61. The number of nitrogens with one attached hydrogen (secondary N) is 1. The quantitative estimate of drug-likeness (QED) is 0.917. The van der Waals surface area contributed by atoms with E-state index in [0.29, 0.717) is 12.3 Å². The number of aromatic amines is 1. The molecule has 1 atom stereocenters. The summed E-state index contributed by atoms with van der Waals surface area (Å²) in [6.07, 6.45) is 4.58. The Hall–Kier alpha value is -2.24. The standard InChI is InChI=1S/C18H23FN4O/c1-13(9-14-3-2-4-16(19)11-14)10-17(24)23-7-5-15(6-8-23)18-20-12-21-22-18/h2-4,11-13,15H,5-10H2,1H3,(H,20,21,22). The summed E-state index contributed by atoms with van der Waals surface area (Å²) in [4.78, 5) is 18.6. The van der Waals surface area contributed by atoms with E-state index in [2.05, 4.69) is 15.2 Å². The zero-order chi connectivity index (χ0) is 16.9. The molecule has 0 radical (unpaired) electrons. The van der Waals surface area contributed by atoms with E-state index in [1.165, 1.54) is 12.4 Å². The molecule has 2 heterocycles. The third kappa shape index (κ3) is 4.19. The topological polar surface area (TPSA) is 61.9 Å². The number of hydrogen-bond donors (Lipinski definition) is 1. The molecule has 128 valence electrons. The number of H-pyrrole nitrogens is 1. The lowest BCUT2D eigenvalue weighted by Gasteiger charge is -2.31. The first kappa shape index (κ1) is 16.6. The van der Waals surface area contributed by atoms with Crippen LogP contribution in [0.25, 0.3) is 0 Å². The van der Waals surface area contributed by atoms with Crippen LogP contribution in [0.3, 0.4) is 0 Å². The third-order valence-electron chi connectivity index (χ3n) is 4.66. The van der Waals surface area contributed by atoms with Gasteiger partial charge in [0.25, 0.3) is 0 Å². The van der Waals surface area contributed by atoms with Crippen LogP contribution in [0.5, 0.6) is 0 Å². The van der Waals surface area contributed by atoms with E-state index in [9.17, 15) is 9.18 Å². The fraction of sp³-hybridized carbons (Fsp3) is 0.500. The van der Waals surface area contributed by atoms with Gasteiger partial charge in [0.15, 0.2) is 0 Å². The molecule has 2 aromatic rings. The third-order valence-corrected chi connectivity index (χ3v) is 4.66. The Kier molecular flexibility index (Phi) is 5.23. The van der Waals surface area contributed by atoms with Crippen molar-refractivity contribution in [3.05, 3.63) is 47.8 Å². The van der Waals surface area contributed by atoms with Crippen LogP contribution < -0.4 is 0 Å². The van der Waals surface area contributed by atoms with Gasteiger partial charge in [-0.2, -0.15) is 5.10 Å². The Bertz CT molecular complexity index is 665. The van der Waals surface area contributed by atoms with Gasteiger partial charge >= 0.3 is 0 Å². The number of halogens is 1. The summed E-state index contributed by atoms with van der Waals surface area (Å²) < 4.78 is 13.2. The molecule has 1 N–H and O–H groups in total. The number of aromatic nitrogens is 3. The molecule has 1 saturated heterocycles. The summed E-state index contributed by atoms with van der Waals surface area (Å²) in [6.45, 7) is 3.57. The maximum absolute atomic E-state index is 13.2. The Labute approximate surface area is 141 Å². The van der Waals surface area contributed by atoms with Gasteiger partial charge in [-0.25, -0.2) is 9.37 Å². The lowest BCUT2D eigenvalue weighted by Crippen LogP contribution is -2.38. The Morgan fingerprint density at radius 1 is 1.42 bits per heavy atom. The highest BCUT2D eigenvalue weighted by Crippen LogP contribution is 2.26. The summed E-state index contributed by atoms with van der Waals surface area (Å²) in [5.41, 5.74) is 0.944. The van der Waals surface area contributed by atoms with E-state index in [-0.39, 0.29) is 17.6 Å². The highest BCUT2D eigenvalue weighted by molar-refractivity contribution is 5.76. The van der Waals surface area contributed by atoms with Crippen molar-refractivity contribution in [3.63, 3.8) is 0 Å². The molecule has 3 rings (SSSR count). The average molecular weight is 330 g/mol. The first-order valence-electron chi connectivity index (χ1n) is 8.49. The van der Waals surface area contributed by atoms with Crippen LogP contribution >= 0.6 is 0 Å². The molecule has 0 bridgehead atoms. The molecule has 5 nitrogen and oxygen atoms in total. The monoisotopic (exact) mass is 330 g/mol. The molecular formula is C18H23FN4O. The Morgan fingerprint density at radius 3 is 2.88 bits per heavy atom. The summed E-state index contributed by atoms with van der Waals surface area (Å²) in [5, 5.41) is 6.81. The first-order chi connectivity index (χ1) is 11.6. The number of nitrogens with zero attached hydrogens (tertiary/aromatic N) is 3. The van der Waals surface area contributed by atoms with Crippen LogP contribution in [0.4, 0.5) is 4.39 Å². The number of piperidine rings is 1. The first-order valence-corrected chi connectivity index (χ1v) is 8.49. The van der Waals surface area contributed by atoms with Gasteiger partial charge in [-0.15, -0.1) is 0 Å². The van der Waals surface area contributed by atoms with Crippen LogP contribution in [-0.2, 0) is 11.2 Å². The number of hydrogen-bond acceptors (Lipinski definition) is 3. The van der Waals surface area contributed by atoms with Gasteiger partial charge in [0, 0.05) is 25.4 Å². The van der Waals surface area contributed by atoms with E-state index in [1.807, 2.05) is 17.9 Å². The van der Waals surface area contributed by atoms with Gasteiger partial charge in [-0.05, 0) is 42.9 Å². The Morgan fingerprint density at radius 2 is 2.21 bits per heavy atom. The molecule has 0 spiro atoms. The van der Waals surface area contributed by atoms with E-state index < -0.39 is 0 Å². The van der Waals surface area contributed by atoms with Crippen LogP contribution in [0.1, 0.15) is 43.5 Å². The lowest BCUT2D eigenvalue weighted by atomic mass is 9.94. The van der Waals surface area contributed by atoms with Crippen molar-refractivity contribution in [2.45, 2.75) is 38.5 Å². The lowest BCUT2D eigenvalue weighted by molar-refractivity contribution is -0.133. The van der Waals surface area contributed by atoms with Crippen LogP contribution in [-0.4, -0.2) is 39.1 Å². The second-order valence-electron chi connectivity index (χ2n) is 6.67. The number of likely N-dealkylation sites (tertiary alicyclic amines) is 1. The van der Waals surface area contributed by atoms with E-state index >= 15 is 0 Å². The normalized spacial score (nSPS) is 17.0. The second-order valence-corrected chi connectivity index (χ2v) is 6.67. The second kappa shape index (κ2) is 7.55. The highest BCUT2D eigenvalue weighted by atomic mass is 19.1. The predicted molar refractivity (Wildman–Crippen MR) is 88.8 cm³/mol. The van der Waals surface area contributed by atoms with Gasteiger partial charge in [0.1, 0.15) is 18.0 Å². The molecule has 1 aliphatic rings. The van der Waals surface area contributed by atoms with Crippen molar-refractivity contribution >= 4 is 5.91 Å². The minimum absolute atomic E-state index is 0.190. The van der Waals surface area contributed by atoms with Crippen molar-refractivity contribution in [1.82, 2.24) is 20.1 Å². The number of amides is 1. The number of carbonyl (C=O) groups is 1. The molecule has 0 aliphatic carbocycles. The molecule has 0 saturated carbocycles. The SMILES string of the molecule is CC(CC(=O)N1CCC(c2ncn[nH]2)CC1)Cc1cccc(F)c1. The maximum Gasteiger partial charge on any atom is 0.222 e. The molecular weight excluding hydrogens is 307 g/mol.